The lowest BCUT2D eigenvalue weighted by Crippen LogP contribution is -2.45. The molecule has 4 rings (SSSR count). The minimum Gasteiger partial charge on any atom is -0.469 e. The molecule has 2 aromatic rings. The first-order valence-electron chi connectivity index (χ1n) is 7.42. The van der Waals surface area contributed by atoms with Crippen molar-refractivity contribution in [3.05, 3.63) is 23.1 Å². The average molecular weight is 365 g/mol. The molecule has 6 nitrogen and oxygen atoms in total. The number of hydrogen-bond acceptors (Lipinski definition) is 5. The van der Waals surface area contributed by atoms with Crippen LogP contribution in [0.15, 0.2) is 23.1 Å². The van der Waals surface area contributed by atoms with Crippen LogP contribution in [0.3, 0.4) is 0 Å². The van der Waals surface area contributed by atoms with E-state index >= 15 is 0 Å². The van der Waals surface area contributed by atoms with Gasteiger partial charge in [0.1, 0.15) is 16.4 Å². The van der Waals surface area contributed by atoms with Crippen LogP contribution in [0, 0.1) is 11.3 Å². The molecule has 0 bridgehead atoms. The van der Waals surface area contributed by atoms with Crippen molar-refractivity contribution < 1.29 is 9.53 Å². The summed E-state index contributed by atoms with van der Waals surface area (Å²) in [4.78, 5) is 18.8. The molecule has 2 aromatic heterocycles. The summed E-state index contributed by atoms with van der Waals surface area (Å²) in [5.74, 6) is 1.22. The van der Waals surface area contributed by atoms with Crippen molar-refractivity contribution in [1.82, 2.24) is 14.6 Å². The van der Waals surface area contributed by atoms with Crippen molar-refractivity contribution >= 4 is 33.2 Å². The molecule has 0 amide bonds. The molecule has 7 heteroatoms. The number of esters is 1. The van der Waals surface area contributed by atoms with Gasteiger partial charge in [-0.15, -0.1) is 0 Å². The predicted octanol–water partition coefficient (Wildman–Crippen LogP) is 2.27. The van der Waals surface area contributed by atoms with Crippen LogP contribution in [0.5, 0.6) is 0 Å². The second-order valence-corrected chi connectivity index (χ2v) is 6.99. The number of carbonyl (C=O) groups excluding carboxylic acids is 1. The molecule has 2 aliphatic rings. The number of halogens is 1. The molecule has 1 aliphatic heterocycles. The smallest absolute Gasteiger partial charge is 0.312 e. The van der Waals surface area contributed by atoms with E-state index in [0.29, 0.717) is 5.92 Å². The van der Waals surface area contributed by atoms with Gasteiger partial charge in [0.2, 0.25) is 0 Å². The fourth-order valence-corrected chi connectivity index (χ4v) is 4.36. The third kappa shape index (κ3) is 1.74. The number of nitrogens with zero attached hydrogens (tertiary/aromatic N) is 4. The summed E-state index contributed by atoms with van der Waals surface area (Å²) in [6.45, 7) is 2.98. The quantitative estimate of drug-likeness (QED) is 0.765. The maximum Gasteiger partial charge on any atom is 0.312 e. The van der Waals surface area contributed by atoms with Gasteiger partial charge in [0.25, 0.3) is 0 Å². The standard InChI is InChI=1S/C15H17BrN4O2/c1-9-10-7-15(10,14(21)22-2)5-6-19(9)13-11-3-4-12(16)20(11)18-8-17-13/h3-4,8-10H,5-7H2,1-2H3/t9-,10-,15+/m0/s1. The van der Waals surface area contributed by atoms with Crippen LogP contribution in [0.1, 0.15) is 19.8 Å². The number of hydrogen-bond donors (Lipinski definition) is 0. The summed E-state index contributed by atoms with van der Waals surface area (Å²) in [6.07, 6.45) is 3.32. The highest BCUT2D eigenvalue weighted by Crippen LogP contribution is 2.61. The second-order valence-electron chi connectivity index (χ2n) is 6.18. The Morgan fingerprint density at radius 1 is 1.50 bits per heavy atom. The van der Waals surface area contributed by atoms with E-state index in [1.807, 2.05) is 16.6 Å². The van der Waals surface area contributed by atoms with Crippen molar-refractivity contribution in [3.8, 4) is 0 Å². The minimum atomic E-state index is -0.253. The highest BCUT2D eigenvalue weighted by Gasteiger charge is 2.65. The average Bonchev–Trinajstić information content (AvgIpc) is 3.19. The van der Waals surface area contributed by atoms with Crippen molar-refractivity contribution in [2.75, 3.05) is 18.6 Å². The topological polar surface area (TPSA) is 59.7 Å². The number of methoxy groups -OCH3 is 1. The fourth-order valence-electron chi connectivity index (χ4n) is 3.94. The Morgan fingerprint density at radius 3 is 3.09 bits per heavy atom. The first kappa shape index (κ1) is 14.0. The molecule has 3 atom stereocenters. The molecule has 0 N–H and O–H groups in total. The van der Waals surface area contributed by atoms with Crippen LogP contribution in [0.25, 0.3) is 5.52 Å². The molecule has 0 spiro atoms. The molecule has 0 aromatic carbocycles. The largest absolute Gasteiger partial charge is 0.469 e. The Bertz CT molecular complexity index is 761. The Kier molecular flexibility index (Phi) is 2.98. The number of carbonyl (C=O) groups is 1. The van der Waals surface area contributed by atoms with E-state index in [1.165, 1.54) is 7.11 Å². The lowest BCUT2D eigenvalue weighted by atomic mass is 9.91. The minimum absolute atomic E-state index is 0.0535. The number of fused-ring (bicyclic) bond motifs is 2. The molecule has 3 heterocycles. The van der Waals surface area contributed by atoms with E-state index in [1.54, 1.807) is 6.33 Å². The summed E-state index contributed by atoms with van der Waals surface area (Å²) in [7, 11) is 1.48. The Hall–Kier alpha value is -1.63. The van der Waals surface area contributed by atoms with E-state index in [2.05, 4.69) is 37.8 Å². The summed E-state index contributed by atoms with van der Waals surface area (Å²) < 4.78 is 7.75. The van der Waals surface area contributed by atoms with Crippen molar-refractivity contribution in [2.24, 2.45) is 11.3 Å². The molecular weight excluding hydrogens is 348 g/mol. The highest BCUT2D eigenvalue weighted by molar-refractivity contribution is 9.10. The lowest BCUT2D eigenvalue weighted by molar-refractivity contribution is -0.148. The normalized spacial score (nSPS) is 30.2. The van der Waals surface area contributed by atoms with E-state index in [0.717, 1.165) is 35.3 Å². The first-order valence-corrected chi connectivity index (χ1v) is 8.21. The first-order chi connectivity index (χ1) is 10.6. The zero-order valence-corrected chi connectivity index (χ0v) is 14.1. The summed E-state index contributed by atoms with van der Waals surface area (Å²) in [5, 5.41) is 4.26. The van der Waals surface area contributed by atoms with Crippen LogP contribution >= 0.6 is 15.9 Å². The van der Waals surface area contributed by atoms with Crippen LogP contribution < -0.4 is 4.90 Å². The second kappa shape index (κ2) is 4.68. The number of ether oxygens (including phenoxy) is 1. The van der Waals surface area contributed by atoms with Gasteiger partial charge in [-0.25, -0.2) is 9.50 Å². The van der Waals surface area contributed by atoms with Crippen molar-refractivity contribution in [2.45, 2.75) is 25.8 Å². The van der Waals surface area contributed by atoms with Crippen molar-refractivity contribution in [3.63, 3.8) is 0 Å². The molecule has 1 saturated heterocycles. The summed E-state index contributed by atoms with van der Waals surface area (Å²) in [5.41, 5.74) is 0.726. The van der Waals surface area contributed by atoms with Gasteiger partial charge in [-0.1, -0.05) is 0 Å². The van der Waals surface area contributed by atoms with Gasteiger partial charge in [-0.3, -0.25) is 4.79 Å². The molecule has 22 heavy (non-hydrogen) atoms. The van der Waals surface area contributed by atoms with Gasteiger partial charge in [0.15, 0.2) is 5.82 Å². The maximum atomic E-state index is 12.1. The summed E-state index contributed by atoms with van der Waals surface area (Å²) in [6, 6.07) is 4.25. The molecule has 0 unspecified atom stereocenters. The predicted molar refractivity (Wildman–Crippen MR) is 84.7 cm³/mol. The Balaban J connectivity index is 1.69. The van der Waals surface area contributed by atoms with Gasteiger partial charge in [0, 0.05) is 12.6 Å². The van der Waals surface area contributed by atoms with E-state index < -0.39 is 0 Å². The molecule has 1 saturated carbocycles. The van der Waals surface area contributed by atoms with Crippen LogP contribution in [0.4, 0.5) is 5.82 Å². The molecule has 0 radical (unpaired) electrons. The van der Waals surface area contributed by atoms with Gasteiger partial charge in [0.05, 0.1) is 12.5 Å². The SMILES string of the molecule is COC(=O)[C@@]12CCN(c3ncnn4c(Br)ccc34)[C@@H](C)[C@@H]1C2. The van der Waals surface area contributed by atoms with Gasteiger partial charge < -0.3 is 9.64 Å². The number of rotatable bonds is 2. The number of aromatic nitrogens is 3. The Morgan fingerprint density at radius 2 is 2.32 bits per heavy atom. The van der Waals surface area contributed by atoms with E-state index in [4.69, 9.17) is 4.74 Å². The van der Waals surface area contributed by atoms with Crippen molar-refractivity contribution in [1.29, 1.82) is 0 Å². The molecule has 116 valence electrons. The molecular formula is C15H17BrN4O2. The van der Waals surface area contributed by atoms with Crippen LogP contribution in [-0.2, 0) is 9.53 Å². The maximum absolute atomic E-state index is 12.1. The molecule has 1 aliphatic carbocycles. The molecule has 2 fully saturated rings. The monoisotopic (exact) mass is 364 g/mol. The zero-order chi connectivity index (χ0) is 15.5. The number of piperidine rings is 1. The van der Waals surface area contributed by atoms with E-state index in [-0.39, 0.29) is 17.4 Å². The highest BCUT2D eigenvalue weighted by atomic mass is 79.9. The lowest BCUT2D eigenvalue weighted by Gasteiger charge is -2.37. The number of anilines is 1. The Labute approximate surface area is 136 Å². The fraction of sp³-hybridized carbons (Fsp3) is 0.533. The van der Waals surface area contributed by atoms with Gasteiger partial charge >= 0.3 is 5.97 Å². The third-order valence-electron chi connectivity index (χ3n) is 5.26. The van der Waals surface area contributed by atoms with Crippen LogP contribution in [0.2, 0.25) is 0 Å². The third-order valence-corrected chi connectivity index (χ3v) is 5.86. The van der Waals surface area contributed by atoms with Gasteiger partial charge in [-0.2, -0.15) is 5.10 Å². The van der Waals surface area contributed by atoms with Gasteiger partial charge in [-0.05, 0) is 53.7 Å². The zero-order valence-electron chi connectivity index (χ0n) is 12.5. The van der Waals surface area contributed by atoms with E-state index in [9.17, 15) is 4.79 Å². The summed E-state index contributed by atoms with van der Waals surface area (Å²) >= 11 is 3.49. The van der Waals surface area contributed by atoms with Crippen LogP contribution in [-0.4, -0.2) is 40.3 Å².